The molecule has 1 atom stereocenters. The predicted molar refractivity (Wildman–Crippen MR) is 68.1 cm³/mol. The van der Waals surface area contributed by atoms with Crippen LogP contribution in [0.25, 0.3) is 0 Å². The Labute approximate surface area is 110 Å². The van der Waals surface area contributed by atoms with E-state index in [0.29, 0.717) is 19.4 Å². The molecule has 0 heterocycles. The summed E-state index contributed by atoms with van der Waals surface area (Å²) in [5, 5.41) is 25.6. The lowest BCUT2D eigenvalue weighted by atomic mass is 10.1. The second kappa shape index (κ2) is 13.5. The average Bonchev–Trinajstić information content (AvgIpc) is 2.40. The molecule has 0 saturated heterocycles. The van der Waals surface area contributed by atoms with Gasteiger partial charge >= 0.3 is 0 Å². The van der Waals surface area contributed by atoms with E-state index in [0.717, 1.165) is 44.9 Å². The summed E-state index contributed by atoms with van der Waals surface area (Å²) >= 11 is 0. The second-order valence-electron chi connectivity index (χ2n) is 4.21. The lowest BCUT2D eigenvalue weighted by Gasteiger charge is -2.08. The van der Waals surface area contributed by atoms with E-state index in [-0.39, 0.29) is 6.10 Å². The fourth-order valence-electron chi connectivity index (χ4n) is 1.67. The van der Waals surface area contributed by atoms with Gasteiger partial charge in [-0.15, -0.1) is 0 Å². The third-order valence-electron chi connectivity index (χ3n) is 2.68. The van der Waals surface area contributed by atoms with E-state index in [1.807, 2.05) is 6.07 Å². The molecule has 98 valence electrons. The van der Waals surface area contributed by atoms with Crippen LogP contribution in [0.5, 0.6) is 0 Å². The maximum Gasteiger partial charge on any atom is 0.144 e. The molecule has 0 spiro atoms. The van der Waals surface area contributed by atoms with Crippen molar-refractivity contribution in [2.45, 2.75) is 63.9 Å². The van der Waals surface area contributed by atoms with Crippen LogP contribution in [-0.4, -0.2) is 12.7 Å². The van der Waals surface area contributed by atoms with E-state index in [1.54, 1.807) is 0 Å². The molecule has 0 aromatic carbocycles. The molecular weight excluding hydrogens is 226 g/mol. The van der Waals surface area contributed by atoms with Gasteiger partial charge in [-0.05, 0) is 19.3 Å². The Bertz CT molecular complexity index is 308. The smallest absolute Gasteiger partial charge is 0.144 e. The summed E-state index contributed by atoms with van der Waals surface area (Å²) in [4.78, 5) is 0. The topological polar surface area (TPSA) is 80.6 Å². The van der Waals surface area contributed by atoms with Gasteiger partial charge in [0.1, 0.15) is 6.10 Å². The minimum absolute atomic E-state index is 0.344. The van der Waals surface area contributed by atoms with Crippen molar-refractivity contribution >= 4 is 0 Å². The van der Waals surface area contributed by atoms with Crippen LogP contribution in [0.2, 0.25) is 0 Å². The summed E-state index contributed by atoms with van der Waals surface area (Å²) in [5.41, 5.74) is 0. The molecule has 18 heavy (non-hydrogen) atoms. The highest BCUT2D eigenvalue weighted by Crippen LogP contribution is 2.11. The third-order valence-corrected chi connectivity index (χ3v) is 2.68. The summed E-state index contributed by atoms with van der Waals surface area (Å²) < 4.78 is 5.27. The average molecular weight is 247 g/mol. The highest BCUT2D eigenvalue weighted by atomic mass is 16.5. The Balaban J connectivity index is 3.33. The minimum Gasteiger partial charge on any atom is -0.362 e. The van der Waals surface area contributed by atoms with E-state index in [9.17, 15) is 0 Å². The zero-order valence-corrected chi connectivity index (χ0v) is 10.9. The first kappa shape index (κ1) is 16.4. The minimum atomic E-state index is -0.364. The van der Waals surface area contributed by atoms with Gasteiger partial charge in [-0.25, -0.2) is 0 Å². The molecule has 0 bridgehead atoms. The van der Waals surface area contributed by atoms with Crippen molar-refractivity contribution in [1.82, 2.24) is 0 Å². The van der Waals surface area contributed by atoms with Crippen LogP contribution in [0.3, 0.4) is 0 Å². The van der Waals surface area contributed by atoms with Gasteiger partial charge in [0.25, 0.3) is 0 Å². The number of hydrogen-bond donors (Lipinski definition) is 0. The van der Waals surface area contributed by atoms with Crippen LogP contribution in [0.1, 0.15) is 57.8 Å². The number of hydrogen-bond acceptors (Lipinski definition) is 4. The fraction of sp³-hybridized carbons (Fsp3) is 0.786. The first-order valence-corrected chi connectivity index (χ1v) is 6.60. The molecule has 0 N–H and O–H groups in total. The number of ether oxygens (including phenoxy) is 1. The van der Waals surface area contributed by atoms with Crippen molar-refractivity contribution < 1.29 is 4.74 Å². The van der Waals surface area contributed by atoms with E-state index in [2.05, 4.69) is 12.1 Å². The van der Waals surface area contributed by atoms with Crippen LogP contribution in [-0.2, 0) is 4.74 Å². The van der Waals surface area contributed by atoms with Gasteiger partial charge in [-0.2, -0.15) is 15.8 Å². The van der Waals surface area contributed by atoms with Crippen molar-refractivity contribution in [2.75, 3.05) is 6.61 Å². The lowest BCUT2D eigenvalue weighted by molar-refractivity contribution is 0.0868. The summed E-state index contributed by atoms with van der Waals surface area (Å²) in [7, 11) is 0. The van der Waals surface area contributed by atoms with Crippen molar-refractivity contribution in [3.05, 3.63) is 0 Å². The standard InChI is InChI=1S/C14H21N3O/c15-10-7-5-3-1-2-4-6-9-14(13-17)18-12-8-11-16/h14H,1-9,12H2. The summed E-state index contributed by atoms with van der Waals surface area (Å²) in [6.07, 6.45) is 7.91. The molecule has 0 aliphatic heterocycles. The van der Waals surface area contributed by atoms with Gasteiger partial charge < -0.3 is 4.74 Å². The molecule has 4 nitrogen and oxygen atoms in total. The molecule has 0 aromatic rings. The molecule has 1 unspecified atom stereocenters. The normalized spacial score (nSPS) is 11.2. The van der Waals surface area contributed by atoms with E-state index in [4.69, 9.17) is 20.5 Å². The molecule has 0 aliphatic rings. The van der Waals surface area contributed by atoms with Gasteiger partial charge in [-0.1, -0.05) is 25.7 Å². The van der Waals surface area contributed by atoms with Gasteiger partial charge in [0, 0.05) is 6.42 Å². The zero-order chi connectivity index (χ0) is 13.5. The number of nitriles is 3. The Kier molecular flexibility index (Phi) is 12.3. The molecule has 0 rings (SSSR count). The Morgan fingerprint density at radius 2 is 1.39 bits per heavy atom. The molecule has 0 aromatic heterocycles. The van der Waals surface area contributed by atoms with Crippen molar-refractivity contribution in [3.8, 4) is 18.2 Å². The Hall–Kier alpha value is -1.57. The predicted octanol–water partition coefficient (Wildman–Crippen LogP) is 3.45. The van der Waals surface area contributed by atoms with E-state index < -0.39 is 0 Å². The van der Waals surface area contributed by atoms with Gasteiger partial charge in [0.05, 0.1) is 31.2 Å². The molecule has 0 fully saturated rings. The Morgan fingerprint density at radius 1 is 0.778 bits per heavy atom. The van der Waals surface area contributed by atoms with Crippen molar-refractivity contribution in [2.24, 2.45) is 0 Å². The van der Waals surface area contributed by atoms with E-state index >= 15 is 0 Å². The first-order chi connectivity index (χ1) is 8.85. The molecule has 0 saturated carbocycles. The highest BCUT2D eigenvalue weighted by Gasteiger charge is 2.06. The fourth-order valence-corrected chi connectivity index (χ4v) is 1.67. The molecule has 4 heteroatoms. The van der Waals surface area contributed by atoms with Crippen molar-refractivity contribution in [1.29, 1.82) is 15.8 Å². The zero-order valence-electron chi connectivity index (χ0n) is 10.9. The number of nitrogens with zero attached hydrogens (tertiary/aromatic N) is 3. The van der Waals surface area contributed by atoms with Crippen LogP contribution in [0, 0.1) is 34.0 Å². The van der Waals surface area contributed by atoms with E-state index in [1.165, 1.54) is 0 Å². The number of unbranched alkanes of at least 4 members (excludes halogenated alkanes) is 6. The lowest BCUT2D eigenvalue weighted by Crippen LogP contribution is -2.10. The highest BCUT2D eigenvalue weighted by molar-refractivity contribution is 4.84. The molecule has 0 aliphatic carbocycles. The monoisotopic (exact) mass is 247 g/mol. The van der Waals surface area contributed by atoms with Gasteiger partial charge in [-0.3, -0.25) is 0 Å². The quantitative estimate of drug-likeness (QED) is 0.524. The second-order valence-corrected chi connectivity index (χ2v) is 4.21. The summed E-state index contributed by atoms with van der Waals surface area (Å²) in [6.45, 7) is 0.350. The maximum absolute atomic E-state index is 8.84. The largest absolute Gasteiger partial charge is 0.362 e. The molecular formula is C14H21N3O. The third kappa shape index (κ3) is 10.9. The van der Waals surface area contributed by atoms with Gasteiger partial charge in [0.2, 0.25) is 0 Å². The maximum atomic E-state index is 8.84. The first-order valence-electron chi connectivity index (χ1n) is 6.60. The van der Waals surface area contributed by atoms with Crippen LogP contribution >= 0.6 is 0 Å². The summed E-state index contributed by atoms with van der Waals surface area (Å²) in [5.74, 6) is 0. The number of rotatable bonds is 11. The van der Waals surface area contributed by atoms with Crippen LogP contribution in [0.15, 0.2) is 0 Å². The summed E-state index contributed by atoms with van der Waals surface area (Å²) in [6, 6.07) is 6.24. The Morgan fingerprint density at radius 3 is 2.00 bits per heavy atom. The van der Waals surface area contributed by atoms with Crippen molar-refractivity contribution in [3.63, 3.8) is 0 Å². The van der Waals surface area contributed by atoms with Crippen LogP contribution < -0.4 is 0 Å². The van der Waals surface area contributed by atoms with Crippen LogP contribution in [0.4, 0.5) is 0 Å². The van der Waals surface area contributed by atoms with Gasteiger partial charge in [0.15, 0.2) is 0 Å². The molecule has 0 radical (unpaired) electrons. The molecule has 0 amide bonds. The SMILES string of the molecule is N#CCCCCCCCCC(C#N)OCCC#N.